The van der Waals surface area contributed by atoms with Gasteiger partial charge in [0.05, 0.1) is 0 Å². The fraction of sp³-hybridized carbons (Fsp3) is 0.667. The van der Waals surface area contributed by atoms with Gasteiger partial charge in [-0.3, -0.25) is 9.59 Å². The number of unbranched alkanes of at least 4 members (excludes halogenated alkanes) is 1. The number of rotatable bonds is 5. The van der Waals surface area contributed by atoms with Crippen molar-refractivity contribution in [1.29, 1.82) is 0 Å². The van der Waals surface area contributed by atoms with Crippen molar-refractivity contribution in [2.24, 2.45) is 0 Å². The maximum atomic E-state index is 9.90. The molecule has 0 saturated carbocycles. The van der Waals surface area contributed by atoms with Crippen molar-refractivity contribution in [2.45, 2.75) is 25.7 Å². The first-order valence-electron chi connectivity index (χ1n) is 3.06. The molecule has 0 aromatic carbocycles. The summed E-state index contributed by atoms with van der Waals surface area (Å²) in [5, 5.41) is 16.3. The first-order valence-corrected chi connectivity index (χ1v) is 3.06. The van der Waals surface area contributed by atoms with Crippen LogP contribution in [0.25, 0.3) is 0 Å². The summed E-state index contributed by atoms with van der Waals surface area (Å²) in [4.78, 5) is 19.8. The van der Waals surface area contributed by atoms with Crippen LogP contribution in [-0.2, 0) is 9.59 Å². The Labute approximate surface area is 106 Å². The summed E-state index contributed by atoms with van der Waals surface area (Å²) in [6.45, 7) is 0. The topological polar surface area (TPSA) is 74.6 Å². The van der Waals surface area contributed by atoms with E-state index in [4.69, 9.17) is 10.2 Å². The molecule has 0 unspecified atom stereocenters. The van der Waals surface area contributed by atoms with E-state index in [0.717, 1.165) is 0 Å². The summed E-state index contributed by atoms with van der Waals surface area (Å²) in [6.07, 6.45) is 1.02. The number of hydrogen-bond acceptors (Lipinski definition) is 2. The predicted molar refractivity (Wildman–Crippen MR) is 39.5 cm³/mol. The number of carbonyl (C=O) groups is 2. The molecule has 13 heavy (non-hydrogen) atoms. The van der Waals surface area contributed by atoms with Gasteiger partial charge in [0.25, 0.3) is 0 Å². The molecule has 0 fully saturated rings. The molecule has 0 spiro atoms. The Morgan fingerprint density at radius 3 is 1.23 bits per heavy atom. The van der Waals surface area contributed by atoms with Crippen LogP contribution < -0.4 is 24.8 Å². The van der Waals surface area contributed by atoms with Gasteiger partial charge in [0.15, 0.2) is 0 Å². The maximum absolute atomic E-state index is 9.90. The minimum Gasteiger partial charge on any atom is -1.00 e. The van der Waals surface area contributed by atoms with Crippen LogP contribution in [0.1, 0.15) is 25.7 Å². The van der Waals surface area contributed by atoms with Crippen LogP contribution in [0.15, 0.2) is 0 Å². The number of hydrogen-bond donors (Lipinski definition) is 2. The molecule has 0 aliphatic carbocycles. The van der Waals surface area contributed by atoms with E-state index in [9.17, 15) is 9.59 Å². The first kappa shape index (κ1) is 23.3. The normalized spacial score (nSPS) is 7.08. The van der Waals surface area contributed by atoms with Crippen LogP contribution in [0.3, 0.4) is 0 Å². The summed E-state index contributed by atoms with van der Waals surface area (Å²) in [5.74, 6) is -1.74. The molecule has 0 amide bonds. The van der Waals surface area contributed by atoms with Crippen LogP contribution in [-0.4, -0.2) is 46.1 Å². The van der Waals surface area contributed by atoms with Gasteiger partial charge in [-0.25, -0.2) is 0 Å². The van der Waals surface area contributed by atoms with Crippen molar-refractivity contribution in [2.75, 3.05) is 0 Å². The van der Waals surface area contributed by atoms with Gasteiger partial charge in [0.1, 0.15) is 0 Å². The molecule has 2 N–H and O–H groups in total. The Bertz CT molecular complexity index is 127. The van der Waals surface area contributed by atoms with Gasteiger partial charge in [0.2, 0.25) is 0 Å². The second-order valence-corrected chi connectivity index (χ2v) is 1.99. The molecule has 0 aromatic rings. The zero-order chi connectivity index (χ0) is 7.98. The minimum atomic E-state index is -0.870. The van der Waals surface area contributed by atoms with E-state index < -0.39 is 11.9 Å². The van der Waals surface area contributed by atoms with Crippen LogP contribution in [0.4, 0.5) is 0 Å². The van der Waals surface area contributed by atoms with E-state index in [0.29, 0.717) is 12.8 Å². The third-order valence-corrected chi connectivity index (χ3v) is 1.03. The molecule has 0 aromatic heterocycles. The van der Waals surface area contributed by atoms with Crippen LogP contribution in [0.2, 0.25) is 0 Å². The van der Waals surface area contributed by atoms with E-state index in [1.54, 1.807) is 0 Å². The van der Waals surface area contributed by atoms with Gasteiger partial charge in [0, 0.05) is 12.8 Å². The van der Waals surface area contributed by atoms with Gasteiger partial charge < -0.3 is 35.0 Å². The Hall–Kier alpha value is 0.319. The molecule has 0 aliphatic rings. The molecule has 0 bridgehead atoms. The number of carboxylic acid groups (broad SMARTS) is 2. The van der Waals surface area contributed by atoms with E-state index in [-0.39, 0.29) is 61.6 Å². The van der Waals surface area contributed by atoms with Crippen molar-refractivity contribution in [3.05, 3.63) is 0 Å². The zero-order valence-corrected chi connectivity index (χ0v) is 11.2. The van der Waals surface area contributed by atoms with Crippen LogP contribution >= 0.6 is 0 Å². The van der Waals surface area contributed by atoms with E-state index in [2.05, 4.69) is 0 Å². The van der Waals surface area contributed by atoms with Crippen molar-refractivity contribution in [3.8, 4) is 0 Å². The van der Waals surface area contributed by atoms with E-state index in [1.807, 2.05) is 0 Å². The third kappa shape index (κ3) is 24.5. The summed E-state index contributed by atoms with van der Waals surface area (Å²) in [7, 11) is 0. The average molecular weight is 336 g/mol. The Balaban J connectivity index is -0.000000135. The molecule has 0 saturated heterocycles. The molecule has 76 valence electrons. The quantitative estimate of drug-likeness (QED) is 0.388. The van der Waals surface area contributed by atoms with Crippen LogP contribution in [0, 0.1) is 0 Å². The van der Waals surface area contributed by atoms with Crippen LogP contribution in [0.5, 0.6) is 0 Å². The van der Waals surface area contributed by atoms with Gasteiger partial charge in [-0.2, -0.15) is 0 Å². The molecule has 2 radical (unpaired) electrons. The predicted octanol–water partition coefficient (Wildman–Crippen LogP) is -5.66. The number of carboxylic acids is 2. The Morgan fingerprint density at radius 1 is 0.846 bits per heavy atom. The molecular formula is C6H10Cl2O4Sn. The second-order valence-electron chi connectivity index (χ2n) is 1.99. The monoisotopic (exact) mass is 336 g/mol. The summed E-state index contributed by atoms with van der Waals surface area (Å²) < 4.78 is 0. The molecule has 0 atom stereocenters. The minimum absolute atomic E-state index is 0. The molecule has 0 aliphatic heterocycles. The number of halogens is 2. The van der Waals surface area contributed by atoms with Crippen molar-refractivity contribution < 1.29 is 44.6 Å². The van der Waals surface area contributed by atoms with Crippen molar-refractivity contribution in [3.63, 3.8) is 0 Å². The standard InChI is InChI=1S/C6H10O4.2ClH.Sn/c7-5(8)3-1-2-4-6(9)10;;;/h1-4H2,(H,7,8)(H,9,10);2*1H;/q;;;+2/p-2. The summed E-state index contributed by atoms with van der Waals surface area (Å²) in [5.41, 5.74) is 0. The third-order valence-electron chi connectivity index (χ3n) is 1.03. The molecule has 0 rings (SSSR count). The molecular weight excluding hydrogens is 326 g/mol. The fourth-order valence-electron chi connectivity index (χ4n) is 0.552. The molecule has 0 heterocycles. The first-order chi connectivity index (χ1) is 4.63. The van der Waals surface area contributed by atoms with Gasteiger partial charge in [-0.1, -0.05) is 0 Å². The van der Waals surface area contributed by atoms with Gasteiger partial charge in [-0.15, -0.1) is 0 Å². The largest absolute Gasteiger partial charge is 2.00 e. The SMILES string of the molecule is O=C(O)CCCCC(=O)O.[Cl-].[Cl-].[Sn+2]. The smallest absolute Gasteiger partial charge is 1.00 e. The summed E-state index contributed by atoms with van der Waals surface area (Å²) >= 11 is 0. The van der Waals surface area contributed by atoms with Crippen molar-refractivity contribution >= 4 is 35.8 Å². The second kappa shape index (κ2) is 14.8. The number of aliphatic carboxylic acids is 2. The maximum Gasteiger partial charge on any atom is 2.00 e. The van der Waals surface area contributed by atoms with Gasteiger partial charge in [-0.05, 0) is 12.8 Å². The zero-order valence-electron chi connectivity index (χ0n) is 6.80. The van der Waals surface area contributed by atoms with E-state index >= 15 is 0 Å². The summed E-state index contributed by atoms with van der Waals surface area (Å²) in [6, 6.07) is 0. The fourth-order valence-corrected chi connectivity index (χ4v) is 0.552. The Kier molecular flexibility index (Phi) is 26.5. The van der Waals surface area contributed by atoms with E-state index in [1.165, 1.54) is 0 Å². The Morgan fingerprint density at radius 2 is 1.08 bits per heavy atom. The van der Waals surface area contributed by atoms with Crippen molar-refractivity contribution in [1.82, 2.24) is 0 Å². The molecule has 4 nitrogen and oxygen atoms in total. The molecule has 7 heteroatoms. The van der Waals surface area contributed by atoms with Gasteiger partial charge >= 0.3 is 35.8 Å². The average Bonchev–Trinajstić information content (AvgIpc) is 1.79.